The topological polar surface area (TPSA) is 54.4 Å². The second kappa shape index (κ2) is 9.70. The van der Waals surface area contributed by atoms with Crippen molar-refractivity contribution in [2.24, 2.45) is 4.40 Å². The average Bonchev–Trinajstić information content (AvgIpc) is 3.41. The number of halogens is 6. The Hall–Kier alpha value is -1.78. The van der Waals surface area contributed by atoms with Crippen LogP contribution in [-0.4, -0.2) is 22.8 Å². The van der Waals surface area contributed by atoms with E-state index in [1.807, 2.05) is 6.07 Å². The van der Waals surface area contributed by atoms with Crippen LogP contribution in [0.25, 0.3) is 0 Å². The molecule has 1 aromatic carbocycles. The van der Waals surface area contributed by atoms with E-state index in [4.69, 9.17) is 34.8 Å². The zero-order valence-corrected chi connectivity index (χ0v) is 21.2. The first kappa shape index (κ1) is 25.3. The molecule has 1 amide bonds. The predicted molar refractivity (Wildman–Crippen MR) is 132 cm³/mol. The van der Waals surface area contributed by atoms with Crippen LogP contribution in [-0.2, 0) is 11.3 Å². The van der Waals surface area contributed by atoms with Crippen molar-refractivity contribution in [2.45, 2.75) is 30.8 Å². The van der Waals surface area contributed by atoms with Gasteiger partial charge in [0, 0.05) is 12.6 Å². The van der Waals surface area contributed by atoms with Crippen molar-refractivity contribution < 1.29 is 18.0 Å². The Balaban J connectivity index is 1.59. The van der Waals surface area contributed by atoms with Crippen molar-refractivity contribution in [2.75, 3.05) is 0 Å². The van der Waals surface area contributed by atoms with Crippen LogP contribution in [0, 0.1) is 6.92 Å². The molecule has 0 saturated heterocycles. The number of pyridine rings is 1. The fourth-order valence-electron chi connectivity index (χ4n) is 3.43. The maximum absolute atomic E-state index is 14.3. The molecule has 1 aliphatic heterocycles. The third kappa shape index (κ3) is 4.81. The lowest BCUT2D eigenvalue weighted by Crippen LogP contribution is -2.38. The number of benzene rings is 1. The monoisotopic (exact) mass is 563 g/mol. The van der Waals surface area contributed by atoms with Crippen molar-refractivity contribution in [1.29, 1.82) is 0 Å². The number of thiophene rings is 1. The Labute approximate surface area is 216 Å². The molecule has 12 heteroatoms. The van der Waals surface area contributed by atoms with E-state index < -0.39 is 17.3 Å². The third-order valence-electron chi connectivity index (χ3n) is 5.20. The van der Waals surface area contributed by atoms with Crippen LogP contribution in [0.2, 0.25) is 15.1 Å². The number of nitrogens with zero attached hydrogens (tertiary/aromatic N) is 2. The molecule has 1 aliphatic rings. The van der Waals surface area contributed by atoms with Crippen LogP contribution < -0.4 is 5.32 Å². The molecular formula is C22H15Cl3F3N3OS2. The molecular weight excluding hydrogens is 550 g/mol. The smallest absolute Gasteiger partial charge is 0.346 e. The number of carbonyl (C=O) groups excluding carboxylic acids is 1. The number of hydrogen-bond donors (Lipinski definition) is 1. The summed E-state index contributed by atoms with van der Waals surface area (Å²) >= 11 is 19.5. The van der Waals surface area contributed by atoms with Gasteiger partial charge in [0.15, 0.2) is 4.75 Å². The Morgan fingerprint density at radius 2 is 1.88 bits per heavy atom. The van der Waals surface area contributed by atoms with Crippen LogP contribution in [0.5, 0.6) is 0 Å². The van der Waals surface area contributed by atoms with E-state index in [-0.39, 0.29) is 38.8 Å². The maximum atomic E-state index is 14.3. The van der Waals surface area contributed by atoms with E-state index in [9.17, 15) is 18.0 Å². The highest BCUT2D eigenvalue weighted by atomic mass is 35.5. The second-order valence-corrected chi connectivity index (χ2v) is 10.8. The van der Waals surface area contributed by atoms with E-state index in [2.05, 4.69) is 14.7 Å². The van der Waals surface area contributed by atoms with Gasteiger partial charge in [0.25, 0.3) is 5.91 Å². The summed E-state index contributed by atoms with van der Waals surface area (Å²) in [5, 5.41) is 2.64. The number of alkyl halides is 3. The quantitative estimate of drug-likeness (QED) is 0.256. The minimum atomic E-state index is -4.65. The summed E-state index contributed by atoms with van der Waals surface area (Å²) in [7, 11) is 0. The fourth-order valence-corrected chi connectivity index (χ4v) is 6.12. The predicted octanol–water partition coefficient (Wildman–Crippen LogP) is 7.64. The first-order chi connectivity index (χ1) is 16.0. The van der Waals surface area contributed by atoms with Gasteiger partial charge in [0.1, 0.15) is 0 Å². The van der Waals surface area contributed by atoms with E-state index >= 15 is 0 Å². The highest BCUT2D eigenvalue weighted by Gasteiger charge is 2.60. The largest absolute Gasteiger partial charge is 0.409 e. The van der Waals surface area contributed by atoms with Crippen molar-refractivity contribution in [3.05, 3.63) is 84.2 Å². The van der Waals surface area contributed by atoms with E-state index in [0.29, 0.717) is 33.0 Å². The molecule has 178 valence electrons. The lowest BCUT2D eigenvalue weighted by molar-refractivity contribution is -0.159. The van der Waals surface area contributed by atoms with E-state index in [0.717, 1.165) is 11.3 Å². The average molecular weight is 565 g/mol. The molecule has 0 saturated carbocycles. The molecule has 34 heavy (non-hydrogen) atoms. The Bertz CT molecular complexity index is 1260. The van der Waals surface area contributed by atoms with E-state index in [1.165, 1.54) is 12.1 Å². The van der Waals surface area contributed by atoms with Crippen LogP contribution >= 0.6 is 58.1 Å². The van der Waals surface area contributed by atoms with Gasteiger partial charge in [-0.2, -0.15) is 13.2 Å². The Morgan fingerprint density at radius 3 is 2.50 bits per heavy atom. The van der Waals surface area contributed by atoms with Gasteiger partial charge in [0.05, 0.1) is 42.8 Å². The molecule has 1 atom stereocenters. The first-order valence-corrected chi connectivity index (χ1v) is 12.5. The summed E-state index contributed by atoms with van der Waals surface area (Å²) in [6.07, 6.45) is -3.47. The minimum Gasteiger partial charge on any atom is -0.346 e. The Kier molecular flexibility index (Phi) is 7.22. The lowest BCUT2D eigenvalue weighted by atomic mass is 9.91. The summed E-state index contributed by atoms with van der Waals surface area (Å²) in [4.78, 5) is 17.7. The second-order valence-electron chi connectivity index (χ2n) is 7.51. The standard InChI is InChI=1S/C22H15Cl3F3N3OS2/c1-11-6-17(33-19(11)20(32)30-10-13-4-2-3-5-29-13)16-9-21(34-31-16,22(26,27)28)12-7-14(23)18(25)15(24)8-12/h2-8H,9-10H2,1H3,(H,30,32). The molecule has 1 unspecified atom stereocenters. The number of carbonyl (C=O) groups is 1. The van der Waals surface area contributed by atoms with Crippen LogP contribution in [0.3, 0.4) is 0 Å². The normalized spacial score (nSPS) is 18.1. The first-order valence-electron chi connectivity index (χ1n) is 9.77. The summed E-state index contributed by atoms with van der Waals surface area (Å²) in [5.41, 5.74) is 1.44. The molecule has 3 aromatic rings. The van der Waals surface area contributed by atoms with Crippen molar-refractivity contribution >= 4 is 69.7 Å². The van der Waals surface area contributed by atoms with Crippen molar-refractivity contribution in [1.82, 2.24) is 10.3 Å². The molecule has 0 radical (unpaired) electrons. The van der Waals surface area contributed by atoms with Crippen LogP contribution in [0.1, 0.15) is 37.8 Å². The van der Waals surface area contributed by atoms with Gasteiger partial charge >= 0.3 is 6.18 Å². The number of amides is 1. The minimum absolute atomic E-state index is 0.0104. The van der Waals surface area contributed by atoms with E-state index in [1.54, 1.807) is 31.3 Å². The number of hydrogen-bond acceptors (Lipinski definition) is 5. The summed E-state index contributed by atoms with van der Waals surface area (Å²) in [5.74, 6) is -0.330. The fraction of sp³-hybridized carbons (Fsp3) is 0.227. The highest BCUT2D eigenvalue weighted by molar-refractivity contribution is 7.99. The van der Waals surface area contributed by atoms with Crippen molar-refractivity contribution in [3.63, 3.8) is 0 Å². The molecule has 2 aromatic heterocycles. The molecule has 0 fully saturated rings. The third-order valence-corrected chi connectivity index (χ3v) is 8.92. The van der Waals surface area contributed by atoms with Crippen LogP contribution in [0.4, 0.5) is 13.2 Å². The molecule has 0 bridgehead atoms. The zero-order chi connectivity index (χ0) is 24.7. The van der Waals surface area contributed by atoms with Gasteiger partial charge in [-0.15, -0.1) is 11.3 Å². The summed E-state index contributed by atoms with van der Waals surface area (Å²) < 4.78 is 44.8. The lowest BCUT2D eigenvalue weighted by Gasteiger charge is -2.30. The van der Waals surface area contributed by atoms with Gasteiger partial charge in [-0.1, -0.05) is 40.9 Å². The summed E-state index contributed by atoms with van der Waals surface area (Å²) in [6, 6.07) is 9.38. The molecule has 4 rings (SSSR count). The Morgan fingerprint density at radius 1 is 1.18 bits per heavy atom. The molecule has 3 heterocycles. The molecule has 0 spiro atoms. The summed E-state index contributed by atoms with van der Waals surface area (Å²) in [6.45, 7) is 1.96. The highest BCUT2D eigenvalue weighted by Crippen LogP contribution is 2.58. The maximum Gasteiger partial charge on any atom is 0.409 e. The SMILES string of the molecule is Cc1cc(C2=NSC(c3cc(Cl)c(Cl)c(Cl)c3)(C(F)(F)F)C2)sc1C(=O)NCc1ccccn1. The number of rotatable bonds is 5. The van der Waals surface area contributed by atoms with Gasteiger partial charge in [-0.05, 0) is 60.3 Å². The van der Waals surface area contributed by atoms with Crippen LogP contribution in [0.15, 0.2) is 47.0 Å². The zero-order valence-electron chi connectivity index (χ0n) is 17.3. The number of nitrogens with one attached hydrogen (secondary N) is 1. The van der Waals surface area contributed by atoms with Gasteiger partial charge in [-0.3, -0.25) is 9.78 Å². The van der Waals surface area contributed by atoms with Gasteiger partial charge in [0.2, 0.25) is 0 Å². The number of aromatic nitrogens is 1. The van der Waals surface area contributed by atoms with Crippen molar-refractivity contribution in [3.8, 4) is 0 Å². The van der Waals surface area contributed by atoms with Gasteiger partial charge in [-0.25, -0.2) is 4.40 Å². The molecule has 0 aliphatic carbocycles. The molecule has 4 nitrogen and oxygen atoms in total. The molecule has 1 N–H and O–H groups in total. The van der Waals surface area contributed by atoms with Gasteiger partial charge < -0.3 is 5.32 Å². The number of aryl methyl sites for hydroxylation is 1.